The number of likely N-dealkylation sites (tertiary alicyclic amines) is 1. The molecule has 0 bridgehead atoms. The third kappa shape index (κ3) is 26.0. The van der Waals surface area contributed by atoms with Gasteiger partial charge in [-0.2, -0.15) is 5.10 Å². The van der Waals surface area contributed by atoms with Gasteiger partial charge in [0.15, 0.2) is 5.78 Å². The summed E-state index contributed by atoms with van der Waals surface area (Å²) in [6.45, 7) is 4.74. The van der Waals surface area contributed by atoms with Crippen molar-refractivity contribution in [1.82, 2.24) is 50.9 Å². The average molecular weight is 1350 g/mol. The van der Waals surface area contributed by atoms with Crippen molar-refractivity contribution >= 4 is 85.8 Å². The molecule has 0 radical (unpaired) electrons. The van der Waals surface area contributed by atoms with Crippen LogP contribution in [0, 0.1) is 18.8 Å². The second-order valence-electron chi connectivity index (χ2n) is 23.1. The molecular formula is C65H92BrN11O15. The maximum absolute atomic E-state index is 13.9. The number of ketones is 1. The third-order valence-electron chi connectivity index (χ3n) is 16.0. The number of nitrogens with one attached hydrogen (secondary N) is 5. The van der Waals surface area contributed by atoms with Gasteiger partial charge in [0, 0.05) is 69.2 Å². The van der Waals surface area contributed by atoms with E-state index in [4.69, 9.17) is 23.7 Å². The van der Waals surface area contributed by atoms with Gasteiger partial charge in [-0.3, -0.25) is 43.0 Å². The van der Waals surface area contributed by atoms with Crippen molar-refractivity contribution in [3.05, 3.63) is 64.4 Å². The van der Waals surface area contributed by atoms with Crippen molar-refractivity contribution in [3.63, 3.8) is 0 Å². The lowest BCUT2D eigenvalue weighted by atomic mass is 10.0. The minimum Gasteiger partial charge on any atom is -0.469 e. The molecule has 1 aliphatic heterocycles. The molecule has 4 atom stereocenters. The summed E-state index contributed by atoms with van der Waals surface area (Å²) in [4.78, 5) is 128. The largest absolute Gasteiger partial charge is 0.469 e. The van der Waals surface area contributed by atoms with Crippen molar-refractivity contribution in [2.45, 2.75) is 161 Å². The van der Waals surface area contributed by atoms with Crippen molar-refractivity contribution in [3.8, 4) is 11.1 Å². The predicted octanol–water partition coefficient (Wildman–Crippen LogP) is 6.42. The van der Waals surface area contributed by atoms with E-state index >= 15 is 0 Å². The van der Waals surface area contributed by atoms with Crippen LogP contribution in [0.5, 0.6) is 0 Å². The summed E-state index contributed by atoms with van der Waals surface area (Å²) in [5, 5.41) is 18.9. The SMILES string of the molecule is COC(=O)CCCCCCCCCCCCCCCCC(=O)N[C@@H](CCC(=O)NCCOCCOCC(=O)NCCOCCOCC(=O)NCc1ncc(-c2ccc3c(c2)c(C(C)=O)nn3CC(=O)N2C[C@H]3C[C@H]3[C@H]2C(=O)Nc2nc(Br)ccc2C)cn1)C(=O)OC. The van der Waals surface area contributed by atoms with Crippen LogP contribution in [0.4, 0.5) is 5.82 Å². The second kappa shape index (κ2) is 40.6. The van der Waals surface area contributed by atoms with Gasteiger partial charge in [0.25, 0.3) is 0 Å². The van der Waals surface area contributed by atoms with Crippen LogP contribution >= 0.6 is 15.9 Å². The van der Waals surface area contributed by atoms with Crippen molar-refractivity contribution < 1.29 is 71.6 Å². The standard InChI is InChI=1S/C65H92BrN11O15/c1-44-21-25-53(66)73-63(44)74-64(85)62-49-36-47(49)40-76(62)59(83)41-77-52-24-22-46(35-50(52)61(75-77)45(2)78)48-37-69-54(70-38-48)39-71-58(82)43-92-34-32-90-30-28-68-57(81)42-91-33-31-89-29-27-67-55(79)26-23-51(65(86)88-4)72-56(80)19-17-15-13-11-9-7-5-6-8-10-12-14-16-18-20-60(84)87-3/h21-22,24-25,35,37-38,47,49,51,62H,5-20,23,26-34,36,39-43H2,1-4H3,(H,67,79)(H,68,81)(H,71,82)(H,72,80)(H,73,74,85)/t47-,49-,51+,62+/m1/s1. The van der Waals surface area contributed by atoms with Crippen LogP contribution in [0.25, 0.3) is 22.0 Å². The molecule has 0 spiro atoms. The van der Waals surface area contributed by atoms with Crippen molar-refractivity contribution in [2.75, 3.05) is 92.0 Å². The van der Waals surface area contributed by atoms with E-state index in [9.17, 15) is 43.2 Å². The van der Waals surface area contributed by atoms with Gasteiger partial charge in [-0.1, -0.05) is 89.2 Å². The summed E-state index contributed by atoms with van der Waals surface area (Å²) in [7, 11) is 2.67. The molecule has 6 amide bonds. The number of Topliss-reactive ketones (excluding diaryl/α,β-unsaturated/α-hetero) is 1. The minimum absolute atomic E-state index is 0.00505. The number of esters is 2. The Kier molecular flexibility index (Phi) is 32.5. The Morgan fingerprint density at radius 3 is 1.85 bits per heavy atom. The van der Waals surface area contributed by atoms with Gasteiger partial charge in [0.2, 0.25) is 35.4 Å². The lowest BCUT2D eigenvalue weighted by Crippen LogP contribution is -2.47. The van der Waals surface area contributed by atoms with E-state index in [2.05, 4.69) is 67.3 Å². The molecule has 4 aromatic rings. The number of aryl methyl sites for hydroxylation is 1. The van der Waals surface area contributed by atoms with E-state index in [1.165, 1.54) is 77.2 Å². The number of fused-ring (bicyclic) bond motifs is 2. The van der Waals surface area contributed by atoms with Gasteiger partial charge in [0.05, 0.1) is 65.9 Å². The minimum atomic E-state index is -0.922. The number of carbonyl (C=O) groups is 9. The molecule has 504 valence electrons. The normalized spacial score (nSPS) is 15.1. The van der Waals surface area contributed by atoms with Crippen LogP contribution in [-0.4, -0.2) is 182 Å². The van der Waals surface area contributed by atoms with Gasteiger partial charge in [-0.05, 0) is 89.7 Å². The number of piperidine rings is 1. The van der Waals surface area contributed by atoms with Gasteiger partial charge in [0.1, 0.15) is 53.8 Å². The number of ether oxygens (including phenoxy) is 6. The fourth-order valence-electron chi connectivity index (χ4n) is 10.8. The Labute approximate surface area is 546 Å². The van der Waals surface area contributed by atoms with E-state index in [-0.39, 0.29) is 157 Å². The summed E-state index contributed by atoms with van der Waals surface area (Å²) >= 11 is 3.36. The Morgan fingerprint density at radius 1 is 0.652 bits per heavy atom. The first kappa shape index (κ1) is 73.7. The number of halogens is 1. The highest BCUT2D eigenvalue weighted by atomic mass is 79.9. The molecule has 2 aliphatic rings. The Morgan fingerprint density at radius 2 is 1.24 bits per heavy atom. The highest BCUT2D eigenvalue weighted by Gasteiger charge is 2.57. The van der Waals surface area contributed by atoms with Crippen LogP contribution in [0.2, 0.25) is 0 Å². The lowest BCUT2D eigenvalue weighted by molar-refractivity contribution is -0.145. The zero-order chi connectivity index (χ0) is 66.0. The average Bonchev–Trinajstić information content (AvgIpc) is 1.59. The molecule has 3 aromatic heterocycles. The number of nitrogens with zero attached hydrogens (tertiary/aromatic N) is 6. The third-order valence-corrected chi connectivity index (χ3v) is 16.4. The number of carbonyl (C=O) groups excluding carboxylic acids is 9. The quantitative estimate of drug-likeness (QED) is 0.0138. The van der Waals surface area contributed by atoms with Crippen LogP contribution in [0.15, 0.2) is 47.3 Å². The number of methoxy groups -OCH3 is 2. The summed E-state index contributed by atoms with van der Waals surface area (Å²) < 4.78 is 33.4. The Hall–Kier alpha value is -7.33. The zero-order valence-corrected chi connectivity index (χ0v) is 55.2. The Bertz CT molecular complexity index is 3060. The molecule has 5 N–H and O–H groups in total. The molecule has 1 saturated heterocycles. The summed E-state index contributed by atoms with van der Waals surface area (Å²) in [5.41, 5.74) is 2.94. The number of benzene rings is 1. The monoisotopic (exact) mass is 1350 g/mol. The first-order chi connectivity index (χ1) is 44.5. The van der Waals surface area contributed by atoms with Crippen LogP contribution in [-0.2, 0) is 79.9 Å². The van der Waals surface area contributed by atoms with Crippen LogP contribution in [0.1, 0.15) is 151 Å². The number of anilines is 1. The van der Waals surface area contributed by atoms with Gasteiger partial charge < -0.3 is 59.9 Å². The number of hydrogen-bond donors (Lipinski definition) is 5. The van der Waals surface area contributed by atoms with E-state index in [0.717, 1.165) is 50.5 Å². The smallest absolute Gasteiger partial charge is 0.328 e. The highest BCUT2D eigenvalue weighted by molar-refractivity contribution is 9.10. The number of amides is 6. The number of pyridine rings is 1. The molecule has 26 nitrogen and oxygen atoms in total. The molecule has 6 rings (SSSR count). The van der Waals surface area contributed by atoms with Gasteiger partial charge >= 0.3 is 11.9 Å². The fourth-order valence-corrected chi connectivity index (χ4v) is 11.1. The maximum atomic E-state index is 13.9. The molecule has 4 heterocycles. The zero-order valence-electron chi connectivity index (χ0n) is 53.7. The molecule has 1 saturated carbocycles. The number of unbranched alkanes of at least 4 members (excludes halogenated alkanes) is 13. The number of hydrogen-bond acceptors (Lipinski definition) is 19. The van der Waals surface area contributed by atoms with Gasteiger partial charge in [-0.15, -0.1) is 0 Å². The fraction of sp³-hybridized carbons (Fsp3) is 0.615. The number of aromatic nitrogens is 5. The first-order valence-electron chi connectivity index (χ1n) is 32.2. The van der Waals surface area contributed by atoms with E-state index in [1.54, 1.807) is 35.5 Å². The van der Waals surface area contributed by atoms with Crippen LogP contribution < -0.4 is 26.6 Å². The summed E-state index contributed by atoms with van der Waals surface area (Å²) in [6, 6.07) is 7.49. The topological polar surface area (TPSA) is 329 Å². The van der Waals surface area contributed by atoms with Gasteiger partial charge in [-0.25, -0.2) is 19.7 Å². The molecular weight excluding hydrogens is 1250 g/mol. The van der Waals surface area contributed by atoms with E-state index in [1.807, 2.05) is 19.1 Å². The van der Waals surface area contributed by atoms with Crippen molar-refractivity contribution in [2.24, 2.45) is 11.8 Å². The molecule has 2 fully saturated rings. The highest BCUT2D eigenvalue weighted by Crippen LogP contribution is 2.50. The molecule has 92 heavy (non-hydrogen) atoms. The summed E-state index contributed by atoms with van der Waals surface area (Å²) in [5.74, 6) is -1.73. The van der Waals surface area contributed by atoms with E-state index in [0.29, 0.717) is 57.7 Å². The maximum Gasteiger partial charge on any atom is 0.328 e. The molecule has 1 aliphatic carbocycles. The second-order valence-corrected chi connectivity index (χ2v) is 23.9. The first-order valence-corrected chi connectivity index (χ1v) is 33.0. The molecule has 0 unspecified atom stereocenters. The summed E-state index contributed by atoms with van der Waals surface area (Å²) in [6.07, 6.45) is 20.6. The van der Waals surface area contributed by atoms with E-state index < -0.39 is 18.1 Å². The lowest BCUT2D eigenvalue weighted by Gasteiger charge is -2.27. The number of rotatable bonds is 46. The predicted molar refractivity (Wildman–Crippen MR) is 343 cm³/mol. The molecule has 1 aromatic carbocycles. The molecule has 27 heteroatoms. The van der Waals surface area contributed by atoms with Crippen LogP contribution in [0.3, 0.4) is 0 Å². The Balaban J connectivity index is 0.730. The van der Waals surface area contributed by atoms with Crippen molar-refractivity contribution in [1.29, 1.82) is 0 Å².